The number of anilines is 2. The summed E-state index contributed by atoms with van der Waals surface area (Å²) in [6.07, 6.45) is -0.417. The van der Waals surface area contributed by atoms with E-state index in [1.165, 1.54) is 4.57 Å². The van der Waals surface area contributed by atoms with E-state index in [0.717, 1.165) is 22.2 Å². The van der Waals surface area contributed by atoms with Crippen LogP contribution in [0, 0.1) is 0 Å². The monoisotopic (exact) mass is 499 g/mol. The Hall–Kier alpha value is -3.27. The van der Waals surface area contributed by atoms with Gasteiger partial charge in [0.25, 0.3) is 11.9 Å². The Morgan fingerprint density at radius 2 is 1.86 bits per heavy atom. The van der Waals surface area contributed by atoms with Gasteiger partial charge >= 0.3 is 5.69 Å². The summed E-state index contributed by atoms with van der Waals surface area (Å²) in [6, 6.07) is 15.1. The first-order chi connectivity index (χ1) is 16.8. The standard InChI is InChI=1S/C25H30ClN5O4/c1-28(2)15-18-6-4-7-20(14-18)35-24-27-22-21(31(24)16-17-8-10-19(26)11-9-17)23(33)30(12-5-13-32)25(34)29(22)3/h4,6-11,14,24,27,32H,5,12-13,15-16H2,1-3H3. The number of halogens is 1. The molecule has 1 unspecified atom stereocenters. The van der Waals surface area contributed by atoms with Gasteiger partial charge in [-0.1, -0.05) is 35.9 Å². The Morgan fingerprint density at radius 1 is 1.11 bits per heavy atom. The minimum atomic E-state index is -0.720. The highest BCUT2D eigenvalue weighted by molar-refractivity contribution is 6.30. The molecule has 186 valence electrons. The van der Waals surface area contributed by atoms with Crippen LogP contribution in [-0.4, -0.2) is 46.2 Å². The third-order valence-corrected chi connectivity index (χ3v) is 6.06. The maximum Gasteiger partial charge on any atom is 0.332 e. The molecular formula is C25H30ClN5O4. The van der Waals surface area contributed by atoms with Crippen molar-refractivity contribution >= 4 is 23.1 Å². The Kier molecular flexibility index (Phi) is 7.49. The second-order valence-electron chi connectivity index (χ2n) is 8.83. The van der Waals surface area contributed by atoms with Crippen molar-refractivity contribution in [3.63, 3.8) is 0 Å². The molecule has 2 aromatic carbocycles. The zero-order chi connectivity index (χ0) is 25.1. The van der Waals surface area contributed by atoms with Crippen molar-refractivity contribution in [3.05, 3.63) is 85.5 Å². The van der Waals surface area contributed by atoms with Crippen LogP contribution >= 0.6 is 11.6 Å². The molecule has 0 spiro atoms. The van der Waals surface area contributed by atoms with Crippen LogP contribution in [0.3, 0.4) is 0 Å². The Labute approximate surface area is 208 Å². The first-order valence-corrected chi connectivity index (χ1v) is 11.8. The molecule has 0 saturated carbocycles. The molecule has 4 rings (SSSR count). The highest BCUT2D eigenvalue weighted by atomic mass is 35.5. The molecule has 0 radical (unpaired) electrons. The fraction of sp³-hybridized carbons (Fsp3) is 0.360. The van der Waals surface area contributed by atoms with Gasteiger partial charge in [-0.2, -0.15) is 0 Å². The molecule has 1 aromatic heterocycles. The summed E-state index contributed by atoms with van der Waals surface area (Å²) in [5.41, 5.74) is 1.48. The molecule has 9 nitrogen and oxygen atoms in total. The summed E-state index contributed by atoms with van der Waals surface area (Å²) in [5, 5.41) is 13.1. The molecule has 1 atom stereocenters. The van der Waals surface area contributed by atoms with Gasteiger partial charge in [0.2, 0.25) is 0 Å². The van der Waals surface area contributed by atoms with E-state index in [1.54, 1.807) is 19.2 Å². The summed E-state index contributed by atoms with van der Waals surface area (Å²) in [4.78, 5) is 30.3. The Bertz CT molecular complexity index is 1300. The molecule has 3 aromatic rings. The molecule has 0 amide bonds. The lowest BCUT2D eigenvalue weighted by Gasteiger charge is -2.27. The summed E-state index contributed by atoms with van der Waals surface area (Å²) >= 11 is 6.06. The number of hydrogen-bond donors (Lipinski definition) is 2. The van der Waals surface area contributed by atoms with Crippen LogP contribution in [0.5, 0.6) is 5.75 Å². The summed E-state index contributed by atoms with van der Waals surface area (Å²) < 4.78 is 8.90. The van der Waals surface area contributed by atoms with Crippen LogP contribution in [0.4, 0.5) is 11.5 Å². The smallest absolute Gasteiger partial charge is 0.332 e. The lowest BCUT2D eigenvalue weighted by Crippen LogP contribution is -2.43. The van der Waals surface area contributed by atoms with Crippen LogP contribution in [0.15, 0.2) is 58.1 Å². The maximum absolute atomic E-state index is 13.5. The molecule has 1 aliphatic heterocycles. The number of benzene rings is 2. The molecule has 0 aliphatic carbocycles. The Morgan fingerprint density at radius 3 is 2.54 bits per heavy atom. The number of fused-ring (bicyclic) bond motifs is 1. The summed E-state index contributed by atoms with van der Waals surface area (Å²) in [7, 11) is 5.61. The number of rotatable bonds is 9. The van der Waals surface area contributed by atoms with Crippen LogP contribution in [0.1, 0.15) is 17.5 Å². The molecule has 1 aliphatic rings. The van der Waals surface area contributed by atoms with Crippen LogP contribution in [-0.2, 0) is 26.7 Å². The van der Waals surface area contributed by atoms with E-state index in [2.05, 4.69) is 10.2 Å². The minimum absolute atomic E-state index is 0.117. The molecule has 2 heterocycles. The van der Waals surface area contributed by atoms with Gasteiger partial charge in [0, 0.05) is 38.3 Å². The fourth-order valence-electron chi connectivity index (χ4n) is 4.17. The number of ether oxygens (including phenoxy) is 1. The van der Waals surface area contributed by atoms with Crippen LogP contribution < -0.4 is 26.2 Å². The van der Waals surface area contributed by atoms with Gasteiger partial charge in [-0.3, -0.25) is 13.9 Å². The number of aliphatic hydroxyl groups is 1. The molecule has 0 saturated heterocycles. The highest BCUT2D eigenvalue weighted by Gasteiger charge is 2.36. The zero-order valence-corrected chi connectivity index (χ0v) is 20.8. The highest BCUT2D eigenvalue weighted by Crippen LogP contribution is 2.33. The van der Waals surface area contributed by atoms with Crippen molar-refractivity contribution in [3.8, 4) is 5.75 Å². The number of nitrogens with zero attached hydrogens (tertiary/aromatic N) is 4. The molecule has 2 N–H and O–H groups in total. The molecular weight excluding hydrogens is 470 g/mol. The van der Waals surface area contributed by atoms with Crippen LogP contribution in [0.25, 0.3) is 0 Å². The van der Waals surface area contributed by atoms with Crippen molar-refractivity contribution in [1.82, 2.24) is 14.0 Å². The van der Waals surface area contributed by atoms with Crippen molar-refractivity contribution in [2.24, 2.45) is 7.05 Å². The molecule has 0 bridgehead atoms. The Balaban J connectivity index is 1.75. The predicted octanol–water partition coefficient (Wildman–Crippen LogP) is 2.44. The molecule has 35 heavy (non-hydrogen) atoms. The summed E-state index contributed by atoms with van der Waals surface area (Å²) in [5.74, 6) is 1.03. The minimum Gasteiger partial charge on any atom is -0.452 e. The topological polar surface area (TPSA) is 92.0 Å². The SMILES string of the molecule is CN(C)Cc1cccc(OC2Nc3c(c(=O)n(CCCO)c(=O)n3C)N2Cc2ccc(Cl)cc2)c1. The van der Waals surface area contributed by atoms with E-state index in [4.69, 9.17) is 16.3 Å². The third-order valence-electron chi connectivity index (χ3n) is 5.81. The van der Waals surface area contributed by atoms with Gasteiger partial charge < -0.3 is 25.0 Å². The van der Waals surface area contributed by atoms with E-state index in [1.807, 2.05) is 55.4 Å². The van der Waals surface area contributed by atoms with Gasteiger partial charge in [0.1, 0.15) is 17.3 Å². The lowest BCUT2D eigenvalue weighted by molar-refractivity contribution is 0.227. The molecule has 10 heteroatoms. The van der Waals surface area contributed by atoms with Crippen molar-refractivity contribution in [1.29, 1.82) is 0 Å². The van der Waals surface area contributed by atoms with Crippen LogP contribution in [0.2, 0.25) is 5.02 Å². The van der Waals surface area contributed by atoms with Crippen molar-refractivity contribution in [2.75, 3.05) is 30.9 Å². The first kappa shape index (κ1) is 24.8. The maximum atomic E-state index is 13.5. The van der Waals surface area contributed by atoms with Gasteiger partial charge in [-0.25, -0.2) is 4.79 Å². The average molecular weight is 500 g/mol. The van der Waals surface area contributed by atoms with Crippen molar-refractivity contribution in [2.45, 2.75) is 32.4 Å². The zero-order valence-electron chi connectivity index (χ0n) is 20.1. The van der Waals surface area contributed by atoms with Crippen molar-refractivity contribution < 1.29 is 9.84 Å². The largest absolute Gasteiger partial charge is 0.452 e. The van der Waals surface area contributed by atoms with Gasteiger partial charge in [0.15, 0.2) is 0 Å². The molecule has 0 fully saturated rings. The van der Waals surface area contributed by atoms with Gasteiger partial charge in [-0.15, -0.1) is 0 Å². The van der Waals surface area contributed by atoms with Gasteiger partial charge in [-0.05, 0) is 55.9 Å². The number of hydrogen-bond acceptors (Lipinski definition) is 7. The lowest BCUT2D eigenvalue weighted by atomic mass is 10.2. The average Bonchev–Trinajstić information content (AvgIpc) is 3.17. The van der Waals surface area contributed by atoms with E-state index in [9.17, 15) is 14.7 Å². The normalized spacial score (nSPS) is 14.8. The fourth-order valence-corrected chi connectivity index (χ4v) is 4.29. The second kappa shape index (κ2) is 10.6. The number of aromatic nitrogens is 2. The predicted molar refractivity (Wildman–Crippen MR) is 137 cm³/mol. The number of nitrogens with one attached hydrogen (secondary N) is 1. The van der Waals surface area contributed by atoms with E-state index < -0.39 is 17.6 Å². The van der Waals surface area contributed by atoms with E-state index in [-0.39, 0.29) is 13.2 Å². The summed E-state index contributed by atoms with van der Waals surface area (Å²) in [6.45, 7) is 1.12. The second-order valence-corrected chi connectivity index (χ2v) is 9.26. The van der Waals surface area contributed by atoms with E-state index in [0.29, 0.717) is 35.2 Å². The quantitative estimate of drug-likeness (QED) is 0.467. The first-order valence-electron chi connectivity index (χ1n) is 11.4. The van der Waals surface area contributed by atoms with Gasteiger partial charge in [0.05, 0.1) is 0 Å². The third kappa shape index (κ3) is 5.37. The number of aliphatic hydroxyl groups excluding tert-OH is 1. The van der Waals surface area contributed by atoms with E-state index >= 15 is 0 Å².